The maximum Gasteiger partial charge on any atom is 0.332 e. The second-order valence-electron chi connectivity index (χ2n) is 7.11. The van der Waals surface area contributed by atoms with Crippen LogP contribution in [0.15, 0.2) is 33.9 Å². The fourth-order valence-corrected chi connectivity index (χ4v) is 3.77. The van der Waals surface area contributed by atoms with Crippen molar-refractivity contribution in [3.63, 3.8) is 0 Å². The number of ketones is 1. The van der Waals surface area contributed by atoms with E-state index in [1.54, 1.807) is 31.2 Å². The number of nitrogens with zero attached hydrogens (tertiary/aromatic N) is 4. The molecule has 154 valence electrons. The van der Waals surface area contributed by atoms with Gasteiger partial charge in [0.1, 0.15) is 5.65 Å². The summed E-state index contributed by atoms with van der Waals surface area (Å²) in [6.45, 7) is 1.69. The zero-order chi connectivity index (χ0) is 22.0. The lowest BCUT2D eigenvalue weighted by molar-refractivity contribution is 0.0979. The van der Waals surface area contributed by atoms with E-state index >= 15 is 0 Å². The van der Waals surface area contributed by atoms with Gasteiger partial charge in [0.2, 0.25) is 0 Å². The molecule has 0 atom stereocenters. The number of carbonyl (C=O) groups is 1. The highest BCUT2D eigenvalue weighted by Crippen LogP contribution is 2.32. The SMILES string of the molecule is Cc1nc2c(c(-c3cccc(C#N)c3)c1C(=O)CCCCCl)c(=O)n(C)c(=O)n2C. The van der Waals surface area contributed by atoms with E-state index in [0.29, 0.717) is 46.7 Å². The molecule has 0 bridgehead atoms. The number of halogens is 1. The first-order valence-corrected chi connectivity index (χ1v) is 10.0. The summed E-state index contributed by atoms with van der Waals surface area (Å²) in [5.41, 5.74) is 1.29. The fourth-order valence-electron chi connectivity index (χ4n) is 3.58. The Kier molecular flexibility index (Phi) is 6.18. The van der Waals surface area contributed by atoms with Gasteiger partial charge in [0.05, 0.1) is 22.7 Å². The van der Waals surface area contributed by atoms with E-state index in [2.05, 4.69) is 11.1 Å². The highest BCUT2D eigenvalue weighted by Gasteiger charge is 2.24. The molecule has 0 aliphatic carbocycles. The number of carbonyl (C=O) groups excluding carboxylic acids is 1. The van der Waals surface area contributed by atoms with Crippen molar-refractivity contribution < 1.29 is 4.79 Å². The van der Waals surface area contributed by atoms with Crippen molar-refractivity contribution in [2.75, 3.05) is 5.88 Å². The van der Waals surface area contributed by atoms with Crippen LogP contribution in [0.5, 0.6) is 0 Å². The summed E-state index contributed by atoms with van der Waals surface area (Å²) in [5, 5.41) is 9.51. The smallest absolute Gasteiger partial charge is 0.294 e. The molecule has 2 heterocycles. The van der Waals surface area contributed by atoms with E-state index in [-0.39, 0.29) is 23.2 Å². The number of hydrogen-bond donors (Lipinski definition) is 0. The zero-order valence-corrected chi connectivity index (χ0v) is 17.8. The van der Waals surface area contributed by atoms with Crippen LogP contribution in [0, 0.1) is 18.3 Å². The average molecular weight is 425 g/mol. The van der Waals surface area contributed by atoms with Gasteiger partial charge in [0, 0.05) is 37.5 Å². The molecule has 0 aliphatic heterocycles. The van der Waals surface area contributed by atoms with Crippen LogP contribution < -0.4 is 11.2 Å². The van der Waals surface area contributed by atoms with Gasteiger partial charge in [0.15, 0.2) is 5.78 Å². The summed E-state index contributed by atoms with van der Waals surface area (Å²) in [7, 11) is 2.93. The summed E-state index contributed by atoms with van der Waals surface area (Å²) in [4.78, 5) is 43.1. The Bertz CT molecular complexity index is 1320. The van der Waals surface area contributed by atoms with Crippen molar-refractivity contribution in [1.29, 1.82) is 5.26 Å². The number of aryl methyl sites for hydroxylation is 2. The summed E-state index contributed by atoms with van der Waals surface area (Å²) in [6, 6.07) is 8.81. The molecule has 0 radical (unpaired) electrons. The molecule has 7 nitrogen and oxygen atoms in total. The van der Waals surface area contributed by atoms with Crippen LogP contribution in [-0.2, 0) is 14.1 Å². The molecule has 0 amide bonds. The molecule has 30 heavy (non-hydrogen) atoms. The largest absolute Gasteiger partial charge is 0.332 e. The third-order valence-corrected chi connectivity index (χ3v) is 5.38. The minimum absolute atomic E-state index is 0.153. The van der Waals surface area contributed by atoms with Crippen molar-refractivity contribution in [2.24, 2.45) is 14.1 Å². The Hall–Kier alpha value is -3.24. The van der Waals surface area contributed by atoms with Gasteiger partial charge >= 0.3 is 5.69 Å². The van der Waals surface area contributed by atoms with Crippen molar-refractivity contribution in [3.8, 4) is 17.2 Å². The molecule has 0 unspecified atom stereocenters. The third kappa shape index (κ3) is 3.66. The predicted octanol–water partition coefficient (Wildman–Crippen LogP) is 3.07. The van der Waals surface area contributed by atoms with Crippen LogP contribution in [0.1, 0.15) is 40.9 Å². The molecule has 0 N–H and O–H groups in total. The topological polar surface area (TPSA) is 97.8 Å². The monoisotopic (exact) mass is 424 g/mol. The predicted molar refractivity (Wildman–Crippen MR) is 116 cm³/mol. The van der Waals surface area contributed by atoms with Gasteiger partial charge in [0.25, 0.3) is 5.56 Å². The number of nitriles is 1. The molecule has 8 heteroatoms. The van der Waals surface area contributed by atoms with E-state index in [0.717, 1.165) is 4.57 Å². The number of rotatable bonds is 6. The van der Waals surface area contributed by atoms with Gasteiger partial charge in [-0.1, -0.05) is 12.1 Å². The molecule has 0 spiro atoms. The Morgan fingerprint density at radius 3 is 2.60 bits per heavy atom. The molecule has 3 aromatic rings. The van der Waals surface area contributed by atoms with Gasteiger partial charge in [-0.3, -0.25) is 18.7 Å². The Morgan fingerprint density at radius 1 is 1.20 bits per heavy atom. The second kappa shape index (κ2) is 8.64. The summed E-state index contributed by atoms with van der Waals surface area (Å²) in [5.74, 6) is 0.308. The number of alkyl halides is 1. The first-order valence-electron chi connectivity index (χ1n) is 9.51. The molecule has 3 rings (SSSR count). The van der Waals surface area contributed by atoms with Gasteiger partial charge in [-0.25, -0.2) is 9.78 Å². The minimum Gasteiger partial charge on any atom is -0.294 e. The Labute approximate surface area is 178 Å². The van der Waals surface area contributed by atoms with Crippen LogP contribution in [0.25, 0.3) is 22.2 Å². The van der Waals surface area contributed by atoms with Gasteiger partial charge < -0.3 is 0 Å². The van der Waals surface area contributed by atoms with E-state index < -0.39 is 11.2 Å². The Balaban J connectivity index is 2.48. The van der Waals surface area contributed by atoms with Gasteiger partial charge in [-0.05, 0) is 37.5 Å². The normalized spacial score (nSPS) is 10.9. The highest BCUT2D eigenvalue weighted by molar-refractivity contribution is 6.17. The molecule has 2 aromatic heterocycles. The number of unbranched alkanes of at least 4 members (excludes halogenated alkanes) is 1. The molecular weight excluding hydrogens is 404 g/mol. The summed E-state index contributed by atoms with van der Waals surface area (Å²) < 4.78 is 2.29. The first kappa shape index (κ1) is 21.5. The van der Waals surface area contributed by atoms with E-state index in [9.17, 15) is 19.6 Å². The number of Topliss-reactive ketones (excluding diaryl/α,β-unsaturated/α-hetero) is 1. The zero-order valence-electron chi connectivity index (χ0n) is 17.0. The number of pyridine rings is 1. The maximum absolute atomic E-state index is 13.2. The lowest BCUT2D eigenvalue weighted by Gasteiger charge is -2.17. The van der Waals surface area contributed by atoms with Crippen molar-refractivity contribution in [3.05, 3.63) is 61.9 Å². The molecule has 0 saturated heterocycles. The van der Waals surface area contributed by atoms with Gasteiger partial charge in [-0.2, -0.15) is 5.26 Å². The number of benzene rings is 1. The molecule has 0 fully saturated rings. The fraction of sp³-hybridized carbons (Fsp3) is 0.318. The molecular formula is C22H21ClN4O3. The second-order valence-corrected chi connectivity index (χ2v) is 7.49. The minimum atomic E-state index is -0.534. The van der Waals surface area contributed by atoms with Gasteiger partial charge in [-0.15, -0.1) is 11.6 Å². The summed E-state index contributed by atoms with van der Waals surface area (Å²) >= 11 is 5.74. The third-order valence-electron chi connectivity index (χ3n) is 5.12. The summed E-state index contributed by atoms with van der Waals surface area (Å²) in [6.07, 6.45) is 1.57. The lowest BCUT2D eigenvalue weighted by atomic mass is 9.91. The van der Waals surface area contributed by atoms with E-state index in [4.69, 9.17) is 11.6 Å². The quantitative estimate of drug-likeness (QED) is 0.344. The molecule has 0 saturated carbocycles. The van der Waals surface area contributed by atoms with Crippen molar-refractivity contribution in [2.45, 2.75) is 26.2 Å². The Morgan fingerprint density at radius 2 is 1.93 bits per heavy atom. The number of aromatic nitrogens is 3. The van der Waals surface area contributed by atoms with Crippen LogP contribution in [0.3, 0.4) is 0 Å². The lowest BCUT2D eigenvalue weighted by Crippen LogP contribution is -2.38. The van der Waals surface area contributed by atoms with E-state index in [1.807, 2.05) is 0 Å². The van der Waals surface area contributed by atoms with Crippen molar-refractivity contribution in [1.82, 2.24) is 14.1 Å². The standard InChI is InChI=1S/C22H21ClN4O3/c1-13-17(16(28)9-4-5-10-23)18(15-8-6-7-14(11-15)12-24)19-20(25-13)26(2)22(30)27(3)21(19)29/h6-8,11H,4-5,9-10H2,1-3H3. The van der Waals surface area contributed by atoms with Crippen LogP contribution in [0.2, 0.25) is 0 Å². The highest BCUT2D eigenvalue weighted by atomic mass is 35.5. The maximum atomic E-state index is 13.2. The van der Waals surface area contributed by atoms with Crippen LogP contribution in [-0.4, -0.2) is 25.8 Å². The number of hydrogen-bond acceptors (Lipinski definition) is 5. The molecule has 0 aliphatic rings. The van der Waals surface area contributed by atoms with Crippen LogP contribution in [0.4, 0.5) is 0 Å². The van der Waals surface area contributed by atoms with Crippen molar-refractivity contribution >= 4 is 28.4 Å². The van der Waals surface area contributed by atoms with E-state index in [1.165, 1.54) is 18.7 Å². The van der Waals surface area contributed by atoms with Crippen LogP contribution >= 0.6 is 11.6 Å². The average Bonchev–Trinajstić information content (AvgIpc) is 2.75. The first-order chi connectivity index (χ1) is 14.3. The molecule has 1 aromatic carbocycles. The number of fused-ring (bicyclic) bond motifs is 1.